The lowest BCUT2D eigenvalue weighted by Gasteiger charge is -2.25. The first-order valence-electron chi connectivity index (χ1n) is 7.77. The van der Waals surface area contributed by atoms with Crippen molar-refractivity contribution in [2.75, 3.05) is 19.5 Å². The summed E-state index contributed by atoms with van der Waals surface area (Å²) >= 11 is 0. The molecule has 0 aliphatic carbocycles. The van der Waals surface area contributed by atoms with Crippen LogP contribution in [0.4, 0.5) is 5.69 Å². The van der Waals surface area contributed by atoms with Gasteiger partial charge in [0, 0.05) is 11.3 Å². The maximum Gasteiger partial charge on any atom is 0.124 e. The van der Waals surface area contributed by atoms with Crippen molar-refractivity contribution in [2.24, 2.45) is 5.92 Å². The van der Waals surface area contributed by atoms with Crippen LogP contribution in [-0.2, 0) is 6.61 Å². The SMILES string of the molecule is COc1ccc(C(Nc2ccc(OC)c(CO)c2)C(C)C)cc1. The molecule has 0 saturated carbocycles. The number of methoxy groups -OCH3 is 2. The predicted octanol–water partition coefficient (Wildman–Crippen LogP) is 4.01. The van der Waals surface area contributed by atoms with E-state index >= 15 is 0 Å². The van der Waals surface area contributed by atoms with E-state index in [4.69, 9.17) is 9.47 Å². The summed E-state index contributed by atoms with van der Waals surface area (Å²) in [6.45, 7) is 4.31. The van der Waals surface area contributed by atoms with Gasteiger partial charge in [0.1, 0.15) is 11.5 Å². The zero-order valence-electron chi connectivity index (χ0n) is 14.2. The topological polar surface area (TPSA) is 50.7 Å². The number of aliphatic hydroxyl groups excluding tert-OH is 1. The van der Waals surface area contributed by atoms with Crippen LogP contribution >= 0.6 is 0 Å². The number of ether oxygens (including phenoxy) is 2. The highest BCUT2D eigenvalue weighted by Crippen LogP contribution is 2.30. The van der Waals surface area contributed by atoms with Crippen molar-refractivity contribution >= 4 is 5.69 Å². The lowest BCUT2D eigenvalue weighted by atomic mass is 9.95. The molecule has 0 saturated heterocycles. The van der Waals surface area contributed by atoms with Crippen molar-refractivity contribution in [3.05, 3.63) is 53.6 Å². The van der Waals surface area contributed by atoms with Gasteiger partial charge in [-0.2, -0.15) is 0 Å². The molecular formula is C19H25NO3. The Labute approximate surface area is 138 Å². The number of benzene rings is 2. The molecule has 0 spiro atoms. The van der Waals surface area contributed by atoms with Crippen molar-refractivity contribution in [2.45, 2.75) is 26.5 Å². The molecule has 23 heavy (non-hydrogen) atoms. The van der Waals surface area contributed by atoms with E-state index in [1.165, 1.54) is 5.56 Å². The Kier molecular flexibility index (Phi) is 5.88. The van der Waals surface area contributed by atoms with E-state index in [-0.39, 0.29) is 12.6 Å². The molecule has 0 aliphatic rings. The summed E-state index contributed by atoms with van der Waals surface area (Å²) in [5, 5.41) is 13.0. The minimum absolute atomic E-state index is 0.0480. The average molecular weight is 315 g/mol. The van der Waals surface area contributed by atoms with E-state index in [0.717, 1.165) is 17.0 Å². The smallest absolute Gasteiger partial charge is 0.124 e. The molecule has 0 amide bonds. The largest absolute Gasteiger partial charge is 0.497 e. The monoisotopic (exact) mass is 315 g/mol. The van der Waals surface area contributed by atoms with E-state index in [9.17, 15) is 5.11 Å². The van der Waals surface area contributed by atoms with Crippen molar-refractivity contribution in [3.8, 4) is 11.5 Å². The first-order valence-corrected chi connectivity index (χ1v) is 7.77. The van der Waals surface area contributed by atoms with Crippen LogP contribution in [0, 0.1) is 5.92 Å². The molecule has 0 aromatic heterocycles. The van der Waals surface area contributed by atoms with Crippen LogP contribution in [-0.4, -0.2) is 19.3 Å². The van der Waals surface area contributed by atoms with Gasteiger partial charge in [-0.15, -0.1) is 0 Å². The summed E-state index contributed by atoms with van der Waals surface area (Å²) in [6.07, 6.45) is 0. The Bertz CT molecular complexity index is 623. The third kappa shape index (κ3) is 4.17. The fourth-order valence-electron chi connectivity index (χ4n) is 2.62. The number of hydrogen-bond acceptors (Lipinski definition) is 4. The van der Waals surface area contributed by atoms with Crippen molar-refractivity contribution in [3.63, 3.8) is 0 Å². The molecule has 1 atom stereocenters. The fourth-order valence-corrected chi connectivity index (χ4v) is 2.62. The van der Waals surface area contributed by atoms with Crippen LogP contribution < -0.4 is 14.8 Å². The van der Waals surface area contributed by atoms with E-state index in [1.54, 1.807) is 14.2 Å². The van der Waals surface area contributed by atoms with Gasteiger partial charge < -0.3 is 19.9 Å². The number of anilines is 1. The molecule has 0 aliphatic heterocycles. The molecule has 2 rings (SSSR count). The number of hydrogen-bond donors (Lipinski definition) is 2. The minimum atomic E-state index is -0.0480. The Morgan fingerprint density at radius 1 is 1.00 bits per heavy atom. The Morgan fingerprint density at radius 2 is 1.70 bits per heavy atom. The van der Waals surface area contributed by atoms with Gasteiger partial charge >= 0.3 is 0 Å². The van der Waals surface area contributed by atoms with Crippen LogP contribution in [0.2, 0.25) is 0 Å². The van der Waals surface area contributed by atoms with E-state index < -0.39 is 0 Å². The first kappa shape index (κ1) is 17.2. The van der Waals surface area contributed by atoms with Crippen LogP contribution in [0.1, 0.15) is 31.0 Å². The Morgan fingerprint density at radius 3 is 2.22 bits per heavy atom. The predicted molar refractivity (Wildman–Crippen MR) is 93.1 cm³/mol. The standard InChI is InChI=1S/C19H25NO3/c1-13(2)19(14-5-8-17(22-3)9-6-14)20-16-7-10-18(23-4)15(11-16)12-21/h5-11,13,19-21H,12H2,1-4H3. The van der Waals surface area contributed by atoms with Crippen LogP contribution in [0.15, 0.2) is 42.5 Å². The van der Waals surface area contributed by atoms with Crippen molar-refractivity contribution < 1.29 is 14.6 Å². The number of aliphatic hydroxyl groups is 1. The van der Waals surface area contributed by atoms with Gasteiger partial charge in [-0.1, -0.05) is 26.0 Å². The molecule has 124 valence electrons. The number of rotatable bonds is 7. The van der Waals surface area contributed by atoms with Gasteiger partial charge in [0.05, 0.1) is 26.9 Å². The zero-order chi connectivity index (χ0) is 16.8. The third-order valence-electron chi connectivity index (χ3n) is 3.91. The molecule has 1 unspecified atom stereocenters. The molecule has 2 N–H and O–H groups in total. The van der Waals surface area contributed by atoms with E-state index in [1.807, 2.05) is 30.3 Å². The molecule has 0 radical (unpaired) electrons. The summed E-state index contributed by atoms with van der Waals surface area (Å²) in [6, 6.07) is 14.0. The second-order valence-corrected chi connectivity index (χ2v) is 5.82. The van der Waals surface area contributed by atoms with Crippen molar-refractivity contribution in [1.82, 2.24) is 0 Å². The summed E-state index contributed by atoms with van der Waals surface area (Å²) in [7, 11) is 3.27. The summed E-state index contributed by atoms with van der Waals surface area (Å²) < 4.78 is 10.5. The van der Waals surface area contributed by atoms with E-state index in [0.29, 0.717) is 11.7 Å². The molecule has 4 heteroatoms. The van der Waals surface area contributed by atoms with Crippen LogP contribution in [0.25, 0.3) is 0 Å². The molecule has 2 aromatic rings. The Balaban J connectivity index is 2.25. The zero-order valence-corrected chi connectivity index (χ0v) is 14.2. The fraction of sp³-hybridized carbons (Fsp3) is 0.368. The van der Waals surface area contributed by atoms with Gasteiger partial charge in [0.2, 0.25) is 0 Å². The van der Waals surface area contributed by atoms with E-state index in [2.05, 4.69) is 31.3 Å². The second kappa shape index (κ2) is 7.88. The second-order valence-electron chi connectivity index (χ2n) is 5.82. The molecule has 2 aromatic carbocycles. The molecule has 4 nitrogen and oxygen atoms in total. The van der Waals surface area contributed by atoms with Gasteiger partial charge in [0.25, 0.3) is 0 Å². The molecular weight excluding hydrogens is 290 g/mol. The van der Waals surface area contributed by atoms with Gasteiger partial charge in [-0.25, -0.2) is 0 Å². The lowest BCUT2D eigenvalue weighted by molar-refractivity contribution is 0.274. The molecule has 0 fully saturated rings. The quantitative estimate of drug-likeness (QED) is 0.810. The normalized spacial score (nSPS) is 12.1. The number of nitrogens with one attached hydrogen (secondary N) is 1. The minimum Gasteiger partial charge on any atom is -0.497 e. The van der Waals surface area contributed by atoms with Crippen LogP contribution in [0.5, 0.6) is 11.5 Å². The lowest BCUT2D eigenvalue weighted by Crippen LogP contribution is -2.17. The first-order chi connectivity index (χ1) is 11.1. The highest BCUT2D eigenvalue weighted by molar-refractivity contribution is 5.52. The summed E-state index contributed by atoms with van der Waals surface area (Å²) in [5.41, 5.74) is 2.93. The van der Waals surface area contributed by atoms with Gasteiger partial charge in [-0.3, -0.25) is 0 Å². The third-order valence-corrected chi connectivity index (χ3v) is 3.91. The van der Waals surface area contributed by atoms with Gasteiger partial charge in [-0.05, 0) is 41.8 Å². The van der Waals surface area contributed by atoms with Crippen molar-refractivity contribution in [1.29, 1.82) is 0 Å². The molecule has 0 heterocycles. The average Bonchev–Trinajstić information content (AvgIpc) is 2.59. The summed E-state index contributed by atoms with van der Waals surface area (Å²) in [5.74, 6) is 1.95. The summed E-state index contributed by atoms with van der Waals surface area (Å²) in [4.78, 5) is 0. The Hall–Kier alpha value is -2.20. The maximum absolute atomic E-state index is 9.47. The molecule has 0 bridgehead atoms. The highest BCUT2D eigenvalue weighted by Gasteiger charge is 2.16. The van der Waals surface area contributed by atoms with Crippen LogP contribution in [0.3, 0.4) is 0 Å². The maximum atomic E-state index is 9.47. The van der Waals surface area contributed by atoms with Gasteiger partial charge in [0.15, 0.2) is 0 Å². The highest BCUT2D eigenvalue weighted by atomic mass is 16.5.